The summed E-state index contributed by atoms with van der Waals surface area (Å²) in [5.74, 6) is 7.03. The molecule has 1 heterocycles. The number of hydrazine groups is 1. The van der Waals surface area contributed by atoms with Gasteiger partial charge >= 0.3 is 0 Å². The van der Waals surface area contributed by atoms with Gasteiger partial charge in [0.05, 0.1) is 6.10 Å². The lowest BCUT2D eigenvalue weighted by molar-refractivity contribution is 0.164. The molecule has 0 spiro atoms. The molecule has 1 aliphatic rings. The van der Waals surface area contributed by atoms with Crippen LogP contribution in [0.3, 0.4) is 0 Å². The van der Waals surface area contributed by atoms with E-state index in [4.69, 9.17) is 5.84 Å². The van der Waals surface area contributed by atoms with Crippen molar-refractivity contribution in [3.05, 3.63) is 6.07 Å². The zero-order chi connectivity index (χ0) is 12.3. The zero-order valence-corrected chi connectivity index (χ0v) is 10.5. The third-order valence-electron chi connectivity index (χ3n) is 2.69. The Morgan fingerprint density at radius 3 is 2.82 bits per heavy atom. The first-order valence-electron chi connectivity index (χ1n) is 5.54. The Hall–Kier alpha value is -1.05. The van der Waals surface area contributed by atoms with Crippen LogP contribution in [0.25, 0.3) is 0 Å². The second-order valence-electron chi connectivity index (χ2n) is 4.06. The molecule has 1 unspecified atom stereocenters. The summed E-state index contributed by atoms with van der Waals surface area (Å²) in [7, 11) is 0. The van der Waals surface area contributed by atoms with Crippen molar-refractivity contribution in [2.24, 2.45) is 11.8 Å². The predicted molar refractivity (Wildman–Crippen MR) is 68.8 cm³/mol. The number of aliphatic hydroxyl groups is 1. The molecule has 1 fully saturated rings. The minimum atomic E-state index is -0.294. The van der Waals surface area contributed by atoms with Crippen molar-refractivity contribution < 1.29 is 5.11 Å². The maximum absolute atomic E-state index is 9.75. The van der Waals surface area contributed by atoms with E-state index >= 15 is 0 Å². The molecule has 0 aromatic carbocycles. The van der Waals surface area contributed by atoms with Crippen LogP contribution in [0, 0.1) is 5.92 Å². The minimum absolute atomic E-state index is 0.294. The third-order valence-corrected chi connectivity index (χ3v) is 3.24. The fourth-order valence-corrected chi connectivity index (χ4v) is 1.92. The normalized spacial score (nSPS) is 16.6. The van der Waals surface area contributed by atoms with Crippen LogP contribution in [-0.2, 0) is 0 Å². The first-order valence-corrected chi connectivity index (χ1v) is 6.77. The van der Waals surface area contributed by atoms with Crippen LogP contribution in [0.5, 0.6) is 0 Å². The van der Waals surface area contributed by atoms with Gasteiger partial charge in [0, 0.05) is 12.6 Å². The first-order chi connectivity index (χ1) is 8.22. The van der Waals surface area contributed by atoms with E-state index in [0.717, 1.165) is 12.8 Å². The molecule has 17 heavy (non-hydrogen) atoms. The Labute approximate surface area is 104 Å². The van der Waals surface area contributed by atoms with Gasteiger partial charge in [-0.15, -0.1) is 0 Å². The molecule has 0 amide bonds. The molecule has 0 bridgehead atoms. The Morgan fingerprint density at radius 1 is 1.53 bits per heavy atom. The molecule has 1 aromatic rings. The SMILES string of the molecule is CSc1nc(NN)cc(NCC(O)C2CC2)n1. The van der Waals surface area contributed by atoms with E-state index < -0.39 is 0 Å². The van der Waals surface area contributed by atoms with Crippen molar-refractivity contribution in [2.45, 2.75) is 24.1 Å². The van der Waals surface area contributed by atoms with Crippen molar-refractivity contribution in [3.8, 4) is 0 Å². The van der Waals surface area contributed by atoms with E-state index in [1.54, 1.807) is 6.07 Å². The largest absolute Gasteiger partial charge is 0.391 e. The van der Waals surface area contributed by atoms with Gasteiger partial charge in [0.15, 0.2) is 5.16 Å². The van der Waals surface area contributed by atoms with Crippen LogP contribution in [-0.4, -0.2) is 34.0 Å². The molecule has 5 N–H and O–H groups in total. The van der Waals surface area contributed by atoms with Gasteiger partial charge in [0.25, 0.3) is 0 Å². The monoisotopic (exact) mass is 255 g/mol. The highest BCUT2D eigenvalue weighted by Gasteiger charge is 2.29. The van der Waals surface area contributed by atoms with Crippen LogP contribution in [0.2, 0.25) is 0 Å². The number of aliphatic hydroxyl groups excluding tert-OH is 1. The van der Waals surface area contributed by atoms with Crippen LogP contribution >= 0.6 is 11.8 Å². The van der Waals surface area contributed by atoms with Crippen molar-refractivity contribution in [1.29, 1.82) is 0 Å². The van der Waals surface area contributed by atoms with Crippen LogP contribution in [0.15, 0.2) is 11.2 Å². The van der Waals surface area contributed by atoms with E-state index in [1.165, 1.54) is 11.8 Å². The van der Waals surface area contributed by atoms with E-state index in [2.05, 4.69) is 20.7 Å². The summed E-state index contributed by atoms with van der Waals surface area (Å²) < 4.78 is 0. The van der Waals surface area contributed by atoms with E-state index in [-0.39, 0.29) is 6.10 Å². The lowest BCUT2D eigenvalue weighted by atomic mass is 10.2. The summed E-state index contributed by atoms with van der Waals surface area (Å²) in [6, 6.07) is 1.72. The number of nitrogens with zero attached hydrogens (tertiary/aromatic N) is 2. The number of thioether (sulfide) groups is 1. The predicted octanol–water partition coefficient (Wildman–Crippen LogP) is 0.667. The number of anilines is 2. The van der Waals surface area contributed by atoms with Gasteiger partial charge in [0.2, 0.25) is 0 Å². The second-order valence-corrected chi connectivity index (χ2v) is 4.83. The highest BCUT2D eigenvalue weighted by atomic mass is 32.2. The number of aromatic nitrogens is 2. The molecular formula is C10H17N5OS. The standard InChI is InChI=1S/C10H17N5OS/c1-17-10-13-8(4-9(14-10)15-11)12-5-7(16)6-2-3-6/h4,6-7,16H,2-3,5,11H2,1H3,(H2,12,13,14,15). The van der Waals surface area contributed by atoms with Gasteiger partial charge in [-0.1, -0.05) is 11.8 Å². The molecule has 2 rings (SSSR count). The lowest BCUT2D eigenvalue weighted by Gasteiger charge is -2.12. The maximum atomic E-state index is 9.75. The quantitative estimate of drug-likeness (QED) is 0.257. The molecule has 7 heteroatoms. The molecule has 6 nitrogen and oxygen atoms in total. The van der Waals surface area contributed by atoms with Crippen molar-refractivity contribution in [1.82, 2.24) is 9.97 Å². The van der Waals surface area contributed by atoms with Crippen molar-refractivity contribution in [3.63, 3.8) is 0 Å². The van der Waals surface area contributed by atoms with Crippen LogP contribution < -0.4 is 16.6 Å². The summed E-state index contributed by atoms with van der Waals surface area (Å²) in [5.41, 5.74) is 2.50. The van der Waals surface area contributed by atoms with Gasteiger partial charge in [-0.05, 0) is 25.0 Å². The Morgan fingerprint density at radius 2 is 2.24 bits per heavy atom. The number of nitrogen functional groups attached to an aromatic ring is 1. The van der Waals surface area contributed by atoms with Gasteiger partial charge in [-0.25, -0.2) is 15.8 Å². The fraction of sp³-hybridized carbons (Fsp3) is 0.600. The summed E-state index contributed by atoms with van der Waals surface area (Å²) in [4.78, 5) is 8.44. The zero-order valence-electron chi connectivity index (χ0n) is 9.68. The highest BCUT2D eigenvalue weighted by molar-refractivity contribution is 7.98. The topological polar surface area (TPSA) is 96.1 Å². The summed E-state index contributed by atoms with van der Waals surface area (Å²) in [6.07, 6.45) is 3.85. The van der Waals surface area contributed by atoms with E-state index in [0.29, 0.717) is 29.3 Å². The average molecular weight is 255 g/mol. The Kier molecular flexibility index (Phi) is 4.03. The Bertz CT molecular complexity index is 363. The molecule has 0 radical (unpaired) electrons. The molecular weight excluding hydrogens is 238 g/mol. The van der Waals surface area contributed by atoms with Gasteiger partial charge < -0.3 is 15.8 Å². The summed E-state index contributed by atoms with van der Waals surface area (Å²) >= 11 is 1.45. The van der Waals surface area contributed by atoms with Crippen molar-refractivity contribution in [2.75, 3.05) is 23.5 Å². The number of hydrogen-bond acceptors (Lipinski definition) is 7. The maximum Gasteiger partial charge on any atom is 0.191 e. The molecule has 0 aliphatic heterocycles. The van der Waals surface area contributed by atoms with E-state index in [1.807, 2.05) is 6.26 Å². The van der Waals surface area contributed by atoms with Gasteiger partial charge in [-0.2, -0.15) is 0 Å². The Balaban J connectivity index is 1.98. The van der Waals surface area contributed by atoms with Crippen LogP contribution in [0.1, 0.15) is 12.8 Å². The fourth-order valence-electron chi connectivity index (χ4n) is 1.54. The summed E-state index contributed by atoms with van der Waals surface area (Å²) in [5, 5.41) is 13.5. The third kappa shape index (κ3) is 3.45. The number of nitrogens with two attached hydrogens (primary N) is 1. The van der Waals surface area contributed by atoms with E-state index in [9.17, 15) is 5.11 Å². The van der Waals surface area contributed by atoms with Gasteiger partial charge in [-0.3, -0.25) is 0 Å². The number of nitrogens with one attached hydrogen (secondary N) is 2. The molecule has 0 saturated heterocycles. The van der Waals surface area contributed by atoms with Gasteiger partial charge in [0.1, 0.15) is 11.6 Å². The smallest absolute Gasteiger partial charge is 0.191 e. The molecule has 1 aliphatic carbocycles. The minimum Gasteiger partial charge on any atom is -0.391 e. The molecule has 1 saturated carbocycles. The average Bonchev–Trinajstić information content (AvgIpc) is 3.19. The number of hydrogen-bond donors (Lipinski definition) is 4. The highest BCUT2D eigenvalue weighted by Crippen LogP contribution is 2.32. The lowest BCUT2D eigenvalue weighted by Crippen LogP contribution is -2.22. The number of rotatable bonds is 6. The second kappa shape index (κ2) is 5.52. The molecule has 1 aromatic heterocycles. The van der Waals surface area contributed by atoms with Crippen LogP contribution in [0.4, 0.5) is 11.6 Å². The molecule has 94 valence electrons. The summed E-state index contributed by atoms with van der Waals surface area (Å²) in [6.45, 7) is 0.513. The van der Waals surface area contributed by atoms with Crippen molar-refractivity contribution >= 4 is 23.4 Å². The first kappa shape index (κ1) is 12.4. The molecule has 1 atom stereocenters.